The third-order valence-corrected chi connectivity index (χ3v) is 3.07. The van der Waals surface area contributed by atoms with Crippen molar-refractivity contribution in [2.24, 2.45) is 5.73 Å². The monoisotopic (exact) mass is 347 g/mol. The Morgan fingerprint density at radius 1 is 1.20 bits per heavy atom. The van der Waals surface area contributed by atoms with E-state index < -0.39 is 28.9 Å². The number of hydrogen-bond donors (Lipinski definition) is 2. The number of benzene rings is 1. The number of carbonyl (C=O) groups excluding carboxylic acids is 3. The van der Waals surface area contributed by atoms with Crippen molar-refractivity contribution in [3.05, 3.63) is 52.3 Å². The van der Waals surface area contributed by atoms with Crippen LogP contribution < -0.4 is 11.1 Å². The number of carbonyl (C=O) groups is 3. The highest BCUT2D eigenvalue weighted by Crippen LogP contribution is 2.25. The quantitative estimate of drug-likeness (QED) is 0.472. The molecule has 0 saturated heterocycles. The van der Waals surface area contributed by atoms with Crippen LogP contribution >= 0.6 is 0 Å². The number of nitrogens with one attached hydrogen (secondary N) is 1. The molecule has 0 aliphatic rings. The van der Waals surface area contributed by atoms with Crippen LogP contribution in [0.25, 0.3) is 11.3 Å². The molecule has 1 aromatic heterocycles. The highest BCUT2D eigenvalue weighted by atomic mass is 16.6. The van der Waals surface area contributed by atoms with E-state index in [0.717, 1.165) is 0 Å². The average molecular weight is 347 g/mol. The highest BCUT2D eigenvalue weighted by molar-refractivity contribution is 5.97. The summed E-state index contributed by atoms with van der Waals surface area (Å²) in [6.07, 6.45) is -1.26. The van der Waals surface area contributed by atoms with Crippen LogP contribution in [0.15, 0.2) is 40.8 Å². The number of non-ortho nitro benzene ring substituents is 1. The van der Waals surface area contributed by atoms with Crippen LogP contribution in [0, 0.1) is 10.1 Å². The Morgan fingerprint density at radius 3 is 2.40 bits per heavy atom. The number of esters is 1. The summed E-state index contributed by atoms with van der Waals surface area (Å²) >= 11 is 0. The Hall–Kier alpha value is -3.69. The number of hydrogen-bond acceptors (Lipinski definition) is 7. The lowest BCUT2D eigenvalue weighted by molar-refractivity contribution is -0.384. The van der Waals surface area contributed by atoms with E-state index in [4.69, 9.17) is 14.9 Å². The number of primary amides is 1. The number of urea groups is 1. The minimum absolute atomic E-state index is 0.0794. The van der Waals surface area contributed by atoms with Gasteiger partial charge in [-0.15, -0.1) is 0 Å². The lowest BCUT2D eigenvalue weighted by atomic mass is 10.1. The zero-order chi connectivity index (χ0) is 18.6. The van der Waals surface area contributed by atoms with Crippen molar-refractivity contribution in [3.8, 4) is 11.3 Å². The first kappa shape index (κ1) is 17.7. The number of furan rings is 1. The molecule has 130 valence electrons. The number of nitrogens with zero attached hydrogens (tertiary/aromatic N) is 1. The summed E-state index contributed by atoms with van der Waals surface area (Å²) in [5.41, 5.74) is 5.24. The van der Waals surface area contributed by atoms with Gasteiger partial charge in [-0.3, -0.25) is 20.2 Å². The molecule has 10 heteroatoms. The predicted molar refractivity (Wildman–Crippen MR) is 83.4 cm³/mol. The number of nitrogens with two attached hydrogens (primary N) is 1. The van der Waals surface area contributed by atoms with Crippen LogP contribution in [0.4, 0.5) is 10.5 Å². The highest BCUT2D eigenvalue weighted by Gasteiger charge is 2.22. The molecule has 2 rings (SSSR count). The van der Waals surface area contributed by atoms with Gasteiger partial charge in [0.15, 0.2) is 6.10 Å². The summed E-state index contributed by atoms with van der Waals surface area (Å²) < 4.78 is 10.2. The second-order valence-electron chi connectivity index (χ2n) is 4.87. The second kappa shape index (κ2) is 7.25. The van der Waals surface area contributed by atoms with Crippen LogP contribution in [0.3, 0.4) is 0 Å². The standard InChI is InChI=1S/C15H13N3O7/c1-8(13(19)17-15(16)21)24-14(20)12-7-6-11(25-12)9-2-4-10(5-3-9)18(22)23/h2-8H,1H3,(H3,16,17,19,21)/t8-/m0/s1. The Bertz CT molecular complexity index is 826. The van der Waals surface area contributed by atoms with Crippen LogP contribution in [-0.2, 0) is 9.53 Å². The van der Waals surface area contributed by atoms with Gasteiger partial charge in [0.1, 0.15) is 5.76 Å². The van der Waals surface area contributed by atoms with E-state index in [2.05, 4.69) is 0 Å². The predicted octanol–water partition coefficient (Wildman–Crippen LogP) is 1.59. The summed E-state index contributed by atoms with van der Waals surface area (Å²) in [5.74, 6) is -1.67. The van der Waals surface area contributed by atoms with Gasteiger partial charge in [0.05, 0.1) is 4.92 Å². The second-order valence-corrected chi connectivity index (χ2v) is 4.87. The van der Waals surface area contributed by atoms with Gasteiger partial charge < -0.3 is 14.9 Å². The zero-order valence-corrected chi connectivity index (χ0v) is 12.9. The Labute approximate surface area is 140 Å². The molecule has 3 amide bonds. The first-order valence-electron chi connectivity index (χ1n) is 6.94. The van der Waals surface area contributed by atoms with Crippen LogP contribution in [0.1, 0.15) is 17.5 Å². The summed E-state index contributed by atoms with van der Waals surface area (Å²) in [6.45, 7) is 1.26. The van der Waals surface area contributed by atoms with Crippen molar-refractivity contribution in [2.45, 2.75) is 13.0 Å². The number of imide groups is 1. The minimum atomic E-state index is -1.26. The average Bonchev–Trinajstić information content (AvgIpc) is 3.04. The maximum atomic E-state index is 11.9. The maximum Gasteiger partial charge on any atom is 0.375 e. The van der Waals surface area contributed by atoms with Gasteiger partial charge in [-0.05, 0) is 31.2 Å². The van der Waals surface area contributed by atoms with Crippen LogP contribution in [0.5, 0.6) is 0 Å². The van der Waals surface area contributed by atoms with Gasteiger partial charge in [0.2, 0.25) is 5.76 Å². The fourth-order valence-electron chi connectivity index (χ4n) is 1.85. The molecule has 1 atom stereocenters. The van der Waals surface area contributed by atoms with Crippen molar-refractivity contribution in [2.75, 3.05) is 0 Å². The molecule has 3 N–H and O–H groups in total. The van der Waals surface area contributed by atoms with Gasteiger partial charge in [-0.1, -0.05) is 0 Å². The SMILES string of the molecule is C[C@H](OC(=O)c1ccc(-c2ccc([N+](=O)[O-])cc2)o1)C(=O)NC(N)=O. The van der Waals surface area contributed by atoms with Crippen molar-refractivity contribution < 1.29 is 28.5 Å². The molecule has 10 nitrogen and oxygen atoms in total. The van der Waals surface area contributed by atoms with Crippen molar-refractivity contribution in [1.82, 2.24) is 5.32 Å². The van der Waals surface area contributed by atoms with Gasteiger partial charge in [0, 0.05) is 17.7 Å². The Morgan fingerprint density at radius 2 is 1.84 bits per heavy atom. The first-order chi connectivity index (χ1) is 11.8. The summed E-state index contributed by atoms with van der Waals surface area (Å²) in [5, 5.41) is 12.4. The maximum absolute atomic E-state index is 11.9. The summed E-state index contributed by atoms with van der Waals surface area (Å²) in [4.78, 5) is 44.1. The number of ether oxygens (including phenoxy) is 1. The number of rotatable bonds is 5. The van der Waals surface area contributed by atoms with Crippen molar-refractivity contribution >= 4 is 23.6 Å². The molecule has 0 saturated carbocycles. The largest absolute Gasteiger partial charge is 0.449 e. The molecule has 0 fully saturated rings. The molecule has 0 spiro atoms. The van der Waals surface area contributed by atoms with E-state index in [1.54, 1.807) is 5.32 Å². The van der Waals surface area contributed by atoms with E-state index in [9.17, 15) is 24.5 Å². The van der Waals surface area contributed by atoms with E-state index in [1.807, 2.05) is 0 Å². The molecular weight excluding hydrogens is 334 g/mol. The Kier molecular flexibility index (Phi) is 5.12. The smallest absolute Gasteiger partial charge is 0.375 e. The summed E-state index contributed by atoms with van der Waals surface area (Å²) in [7, 11) is 0. The van der Waals surface area contributed by atoms with Crippen molar-refractivity contribution in [3.63, 3.8) is 0 Å². The molecule has 0 unspecified atom stereocenters. The summed E-state index contributed by atoms with van der Waals surface area (Å²) in [6, 6.07) is 7.28. The number of amides is 3. The van der Waals surface area contributed by atoms with Crippen LogP contribution in [-0.4, -0.2) is 28.9 Å². The molecule has 0 radical (unpaired) electrons. The number of nitro groups is 1. The van der Waals surface area contributed by atoms with Crippen molar-refractivity contribution in [1.29, 1.82) is 0 Å². The molecule has 1 aromatic carbocycles. The molecule has 2 aromatic rings. The lowest BCUT2D eigenvalue weighted by Crippen LogP contribution is -2.42. The molecule has 1 heterocycles. The third-order valence-electron chi connectivity index (χ3n) is 3.07. The Balaban J connectivity index is 2.07. The third kappa shape index (κ3) is 4.41. The molecular formula is C15H13N3O7. The van der Waals surface area contributed by atoms with E-state index in [0.29, 0.717) is 5.56 Å². The number of nitro benzene ring substituents is 1. The zero-order valence-electron chi connectivity index (χ0n) is 12.9. The topological polar surface area (TPSA) is 155 Å². The van der Waals surface area contributed by atoms with E-state index >= 15 is 0 Å². The first-order valence-corrected chi connectivity index (χ1v) is 6.94. The van der Waals surface area contributed by atoms with Gasteiger partial charge in [-0.25, -0.2) is 9.59 Å². The normalized spacial score (nSPS) is 11.4. The molecule has 25 heavy (non-hydrogen) atoms. The van der Waals surface area contributed by atoms with Crippen LogP contribution in [0.2, 0.25) is 0 Å². The molecule has 0 bridgehead atoms. The van der Waals surface area contributed by atoms with E-state index in [1.165, 1.54) is 43.3 Å². The lowest BCUT2D eigenvalue weighted by Gasteiger charge is -2.10. The molecule has 0 aliphatic carbocycles. The van der Waals surface area contributed by atoms with Gasteiger partial charge >= 0.3 is 12.0 Å². The fourth-order valence-corrected chi connectivity index (χ4v) is 1.85. The fraction of sp³-hybridized carbons (Fsp3) is 0.133. The minimum Gasteiger partial charge on any atom is -0.449 e. The van der Waals surface area contributed by atoms with Gasteiger partial charge in [-0.2, -0.15) is 0 Å². The van der Waals surface area contributed by atoms with Gasteiger partial charge in [0.25, 0.3) is 11.6 Å². The molecule has 0 aliphatic heterocycles. The van der Waals surface area contributed by atoms with E-state index in [-0.39, 0.29) is 17.2 Å².